The van der Waals surface area contributed by atoms with Gasteiger partial charge in [-0.2, -0.15) is 0 Å². The van der Waals surface area contributed by atoms with Crippen LogP contribution in [0.4, 0.5) is 4.39 Å². The van der Waals surface area contributed by atoms with E-state index in [2.05, 4.69) is 9.97 Å². The van der Waals surface area contributed by atoms with Crippen LogP contribution in [-0.4, -0.2) is 21.7 Å². The van der Waals surface area contributed by atoms with Gasteiger partial charge in [0, 0.05) is 11.8 Å². The van der Waals surface area contributed by atoms with Crippen molar-refractivity contribution in [3.63, 3.8) is 0 Å². The highest BCUT2D eigenvalue weighted by Gasteiger charge is 2.46. The van der Waals surface area contributed by atoms with E-state index < -0.39 is 0 Å². The summed E-state index contributed by atoms with van der Waals surface area (Å²) in [5.74, 6) is 0.378. The molecule has 1 aromatic carbocycles. The zero-order valence-electron chi connectivity index (χ0n) is 9.81. The number of aliphatic hydroxyl groups excluding tert-OH is 1. The van der Waals surface area contributed by atoms with E-state index in [1.54, 1.807) is 18.3 Å². The summed E-state index contributed by atoms with van der Waals surface area (Å²) < 4.78 is 13.2. The van der Waals surface area contributed by atoms with Crippen LogP contribution in [0.15, 0.2) is 36.5 Å². The van der Waals surface area contributed by atoms with Crippen LogP contribution >= 0.6 is 0 Å². The van der Waals surface area contributed by atoms with Crippen molar-refractivity contribution in [2.75, 3.05) is 6.61 Å². The fraction of sp³-hybridized carbons (Fsp3) is 0.286. The van der Waals surface area contributed by atoms with E-state index in [1.165, 1.54) is 12.1 Å². The molecule has 1 N–H and O–H groups in total. The SMILES string of the molecule is OCC1(c2nccc(-c3cccc(F)c3)n2)CC1. The Morgan fingerprint density at radius 2 is 2.11 bits per heavy atom. The van der Waals surface area contributed by atoms with Crippen molar-refractivity contribution < 1.29 is 9.50 Å². The van der Waals surface area contributed by atoms with E-state index in [1.807, 2.05) is 6.07 Å². The summed E-state index contributed by atoms with van der Waals surface area (Å²) in [6, 6.07) is 8.08. The molecule has 0 unspecified atom stereocenters. The highest BCUT2D eigenvalue weighted by atomic mass is 19.1. The summed E-state index contributed by atoms with van der Waals surface area (Å²) >= 11 is 0. The molecule has 1 aliphatic carbocycles. The molecule has 0 bridgehead atoms. The van der Waals surface area contributed by atoms with Gasteiger partial charge >= 0.3 is 0 Å². The number of aliphatic hydroxyl groups is 1. The first-order valence-electron chi connectivity index (χ1n) is 5.94. The molecule has 1 aliphatic rings. The Bertz CT molecular complexity index is 582. The topological polar surface area (TPSA) is 46.0 Å². The van der Waals surface area contributed by atoms with E-state index >= 15 is 0 Å². The molecule has 3 rings (SSSR count). The van der Waals surface area contributed by atoms with Gasteiger partial charge in [0.25, 0.3) is 0 Å². The number of benzene rings is 1. The second-order valence-electron chi connectivity index (χ2n) is 4.71. The van der Waals surface area contributed by atoms with Gasteiger partial charge in [0.1, 0.15) is 11.6 Å². The molecule has 0 atom stereocenters. The summed E-state index contributed by atoms with van der Waals surface area (Å²) in [5, 5.41) is 9.38. The highest BCUT2D eigenvalue weighted by Crippen LogP contribution is 2.46. The molecule has 3 nitrogen and oxygen atoms in total. The Balaban J connectivity index is 2.01. The summed E-state index contributed by atoms with van der Waals surface area (Å²) in [5.41, 5.74) is 1.16. The van der Waals surface area contributed by atoms with Gasteiger partial charge in [-0.25, -0.2) is 14.4 Å². The smallest absolute Gasteiger partial charge is 0.137 e. The van der Waals surface area contributed by atoms with E-state index in [0.717, 1.165) is 18.4 Å². The normalized spacial score (nSPS) is 16.6. The zero-order valence-corrected chi connectivity index (χ0v) is 9.81. The predicted molar refractivity (Wildman–Crippen MR) is 65.4 cm³/mol. The lowest BCUT2D eigenvalue weighted by Crippen LogP contribution is -2.16. The predicted octanol–water partition coefficient (Wildman–Crippen LogP) is 2.31. The maximum atomic E-state index is 13.2. The third-order valence-corrected chi connectivity index (χ3v) is 3.41. The van der Waals surface area contributed by atoms with Crippen molar-refractivity contribution in [1.82, 2.24) is 9.97 Å². The Morgan fingerprint density at radius 3 is 2.78 bits per heavy atom. The fourth-order valence-corrected chi connectivity index (χ4v) is 2.03. The highest BCUT2D eigenvalue weighted by molar-refractivity contribution is 5.58. The molecule has 0 radical (unpaired) electrons. The molecule has 0 spiro atoms. The molecule has 92 valence electrons. The van der Waals surface area contributed by atoms with Crippen molar-refractivity contribution in [3.8, 4) is 11.3 Å². The number of hydrogen-bond donors (Lipinski definition) is 1. The van der Waals surface area contributed by atoms with E-state index in [-0.39, 0.29) is 17.8 Å². The first-order chi connectivity index (χ1) is 8.73. The Hall–Kier alpha value is -1.81. The number of halogens is 1. The molecule has 4 heteroatoms. The minimum Gasteiger partial charge on any atom is -0.395 e. The van der Waals surface area contributed by atoms with Gasteiger partial charge in [0.2, 0.25) is 0 Å². The van der Waals surface area contributed by atoms with Crippen molar-refractivity contribution in [2.24, 2.45) is 0 Å². The summed E-state index contributed by atoms with van der Waals surface area (Å²) in [7, 11) is 0. The van der Waals surface area contributed by atoms with Crippen LogP contribution in [0.3, 0.4) is 0 Å². The van der Waals surface area contributed by atoms with Gasteiger partial charge in [0.05, 0.1) is 17.7 Å². The number of rotatable bonds is 3. The molecule has 1 aromatic heterocycles. The largest absolute Gasteiger partial charge is 0.395 e. The fourth-order valence-electron chi connectivity index (χ4n) is 2.03. The lowest BCUT2D eigenvalue weighted by Gasteiger charge is -2.11. The van der Waals surface area contributed by atoms with E-state index in [0.29, 0.717) is 11.5 Å². The summed E-state index contributed by atoms with van der Waals surface area (Å²) in [6.07, 6.45) is 3.49. The monoisotopic (exact) mass is 244 g/mol. The molecular formula is C14H13FN2O. The third kappa shape index (κ3) is 1.88. The quantitative estimate of drug-likeness (QED) is 0.901. The van der Waals surface area contributed by atoms with Crippen LogP contribution < -0.4 is 0 Å². The molecule has 1 fully saturated rings. The Labute approximate surface area is 104 Å². The molecule has 0 amide bonds. The van der Waals surface area contributed by atoms with Gasteiger partial charge < -0.3 is 5.11 Å². The number of aromatic nitrogens is 2. The Kier molecular flexibility index (Phi) is 2.59. The maximum absolute atomic E-state index is 13.2. The molecule has 18 heavy (non-hydrogen) atoms. The van der Waals surface area contributed by atoms with Crippen LogP contribution in [0.5, 0.6) is 0 Å². The van der Waals surface area contributed by atoms with Crippen molar-refractivity contribution in [1.29, 1.82) is 0 Å². The van der Waals surface area contributed by atoms with Crippen LogP contribution in [0.2, 0.25) is 0 Å². The standard InChI is InChI=1S/C14H13FN2O/c15-11-3-1-2-10(8-11)12-4-7-16-13(17-12)14(9-18)5-6-14/h1-4,7-8,18H,5-6,9H2. The lowest BCUT2D eigenvalue weighted by atomic mass is 10.1. The minimum absolute atomic E-state index is 0.0691. The van der Waals surface area contributed by atoms with Gasteiger partial charge in [-0.3, -0.25) is 0 Å². The second-order valence-corrected chi connectivity index (χ2v) is 4.71. The molecular weight excluding hydrogens is 231 g/mol. The van der Waals surface area contributed by atoms with Gasteiger partial charge in [-0.15, -0.1) is 0 Å². The van der Waals surface area contributed by atoms with Crippen LogP contribution in [-0.2, 0) is 5.41 Å². The lowest BCUT2D eigenvalue weighted by molar-refractivity contribution is 0.250. The van der Waals surface area contributed by atoms with Crippen molar-refractivity contribution >= 4 is 0 Å². The van der Waals surface area contributed by atoms with Gasteiger partial charge in [-0.1, -0.05) is 12.1 Å². The van der Waals surface area contributed by atoms with Crippen molar-refractivity contribution in [3.05, 3.63) is 48.2 Å². The molecule has 0 saturated heterocycles. The van der Waals surface area contributed by atoms with Crippen molar-refractivity contribution in [2.45, 2.75) is 18.3 Å². The average Bonchev–Trinajstić information content (AvgIpc) is 3.20. The minimum atomic E-state index is -0.282. The molecule has 2 aromatic rings. The second kappa shape index (κ2) is 4.14. The van der Waals surface area contributed by atoms with E-state index in [4.69, 9.17) is 0 Å². The zero-order chi connectivity index (χ0) is 12.6. The molecule has 1 saturated carbocycles. The van der Waals surface area contributed by atoms with Crippen LogP contribution in [0.1, 0.15) is 18.7 Å². The van der Waals surface area contributed by atoms with Gasteiger partial charge in [0.15, 0.2) is 0 Å². The first kappa shape index (κ1) is 11.3. The third-order valence-electron chi connectivity index (χ3n) is 3.41. The maximum Gasteiger partial charge on any atom is 0.137 e. The number of nitrogens with zero attached hydrogens (tertiary/aromatic N) is 2. The Morgan fingerprint density at radius 1 is 1.28 bits per heavy atom. The van der Waals surface area contributed by atoms with Gasteiger partial charge in [-0.05, 0) is 31.0 Å². The van der Waals surface area contributed by atoms with E-state index in [9.17, 15) is 9.50 Å². The van der Waals surface area contributed by atoms with Crippen LogP contribution in [0, 0.1) is 5.82 Å². The van der Waals surface area contributed by atoms with Crippen LogP contribution in [0.25, 0.3) is 11.3 Å². The number of hydrogen-bond acceptors (Lipinski definition) is 3. The molecule has 1 heterocycles. The first-order valence-corrected chi connectivity index (χ1v) is 5.94. The summed E-state index contributed by atoms with van der Waals surface area (Å²) in [6.45, 7) is 0.0691. The average molecular weight is 244 g/mol. The summed E-state index contributed by atoms with van der Waals surface area (Å²) in [4.78, 5) is 8.68. The molecule has 0 aliphatic heterocycles.